The Labute approximate surface area is 142 Å². The summed E-state index contributed by atoms with van der Waals surface area (Å²) in [5, 5.41) is 6.63. The van der Waals surface area contributed by atoms with E-state index in [2.05, 4.69) is 44.8 Å². The van der Waals surface area contributed by atoms with Gasteiger partial charge in [-0.15, -0.1) is 0 Å². The molecule has 1 aliphatic carbocycles. The maximum atomic E-state index is 12.5. The summed E-state index contributed by atoms with van der Waals surface area (Å²) >= 11 is 0. The van der Waals surface area contributed by atoms with Crippen LogP contribution in [0.25, 0.3) is 0 Å². The van der Waals surface area contributed by atoms with Crippen molar-refractivity contribution >= 4 is 11.7 Å². The Bertz CT molecular complexity index is 714. The van der Waals surface area contributed by atoms with E-state index in [4.69, 9.17) is 0 Å². The zero-order valence-electron chi connectivity index (χ0n) is 13.6. The van der Waals surface area contributed by atoms with Crippen LogP contribution in [0.4, 0.5) is 5.82 Å². The summed E-state index contributed by atoms with van der Waals surface area (Å²) in [6.07, 6.45) is 3.94. The van der Waals surface area contributed by atoms with E-state index in [1.807, 2.05) is 18.2 Å². The topological polar surface area (TPSA) is 57.3 Å². The van der Waals surface area contributed by atoms with E-state index < -0.39 is 0 Å². The molecule has 5 heteroatoms. The van der Waals surface area contributed by atoms with Crippen LogP contribution in [0.2, 0.25) is 0 Å². The summed E-state index contributed by atoms with van der Waals surface area (Å²) in [6.45, 7) is 2.54. The highest BCUT2D eigenvalue weighted by molar-refractivity contribution is 5.99. The Hall–Kier alpha value is -2.40. The Kier molecular flexibility index (Phi) is 4.17. The van der Waals surface area contributed by atoms with Gasteiger partial charge in [0, 0.05) is 37.9 Å². The van der Waals surface area contributed by atoms with Gasteiger partial charge in [0.2, 0.25) is 0 Å². The second-order valence-electron chi connectivity index (χ2n) is 6.49. The Morgan fingerprint density at radius 2 is 2.00 bits per heavy atom. The molecule has 24 heavy (non-hydrogen) atoms. The molecule has 0 bridgehead atoms. The molecule has 4 rings (SSSR count). The highest BCUT2D eigenvalue weighted by Crippen LogP contribution is 2.25. The molecule has 2 heterocycles. The third kappa shape index (κ3) is 3.26. The molecule has 1 amide bonds. The molecule has 124 valence electrons. The Morgan fingerprint density at radius 3 is 2.79 bits per heavy atom. The molecule has 5 nitrogen and oxygen atoms in total. The van der Waals surface area contributed by atoms with E-state index in [1.54, 1.807) is 6.20 Å². The summed E-state index contributed by atoms with van der Waals surface area (Å²) < 4.78 is 0. The van der Waals surface area contributed by atoms with Crippen molar-refractivity contribution in [2.45, 2.75) is 24.9 Å². The number of pyridine rings is 1. The maximum Gasteiger partial charge on any atom is 0.255 e. The molecule has 1 saturated heterocycles. The number of carbonyl (C=O) groups excluding carboxylic acids is 1. The molecule has 0 unspecified atom stereocenters. The van der Waals surface area contributed by atoms with Crippen LogP contribution in [0, 0.1) is 0 Å². The second kappa shape index (κ2) is 6.61. The molecule has 2 N–H and O–H groups in total. The molecule has 2 fully saturated rings. The molecule has 0 radical (unpaired) electrons. The first-order valence-electron chi connectivity index (χ1n) is 8.60. The van der Waals surface area contributed by atoms with Crippen molar-refractivity contribution in [1.82, 2.24) is 15.6 Å². The summed E-state index contributed by atoms with van der Waals surface area (Å²) in [7, 11) is 0. The average Bonchev–Trinajstić information content (AvgIpc) is 3.46. The van der Waals surface area contributed by atoms with Crippen molar-refractivity contribution in [1.29, 1.82) is 0 Å². The summed E-state index contributed by atoms with van der Waals surface area (Å²) in [5.74, 6) is 0.786. The van der Waals surface area contributed by atoms with Crippen LogP contribution in [0.15, 0.2) is 48.7 Å². The van der Waals surface area contributed by atoms with Gasteiger partial charge in [0.15, 0.2) is 0 Å². The quantitative estimate of drug-likeness (QED) is 0.905. The van der Waals surface area contributed by atoms with Crippen molar-refractivity contribution in [3.05, 3.63) is 59.8 Å². The van der Waals surface area contributed by atoms with Crippen LogP contribution < -0.4 is 15.5 Å². The molecule has 1 aromatic heterocycles. The minimum absolute atomic E-state index is 0.00427. The lowest BCUT2D eigenvalue weighted by Crippen LogP contribution is -2.47. The molecule has 2 aromatic rings. The van der Waals surface area contributed by atoms with E-state index in [1.165, 1.54) is 5.56 Å². The number of hydrogen-bond acceptors (Lipinski definition) is 4. The van der Waals surface area contributed by atoms with Crippen molar-refractivity contribution in [2.24, 2.45) is 0 Å². The predicted molar refractivity (Wildman–Crippen MR) is 94.1 cm³/mol. The highest BCUT2D eigenvalue weighted by Gasteiger charge is 2.28. The Balaban J connectivity index is 1.55. The molecule has 1 aromatic carbocycles. The van der Waals surface area contributed by atoms with Gasteiger partial charge in [-0.05, 0) is 30.5 Å². The van der Waals surface area contributed by atoms with Gasteiger partial charge in [0.1, 0.15) is 5.82 Å². The number of carbonyl (C=O) groups is 1. The molecule has 1 aliphatic heterocycles. The summed E-state index contributed by atoms with van der Waals surface area (Å²) in [4.78, 5) is 19.3. The number of benzene rings is 1. The average molecular weight is 322 g/mol. The molecular weight excluding hydrogens is 300 g/mol. The van der Waals surface area contributed by atoms with Gasteiger partial charge in [-0.1, -0.05) is 30.3 Å². The van der Waals surface area contributed by atoms with Crippen LogP contribution in [0.5, 0.6) is 0 Å². The number of amides is 1. The summed E-state index contributed by atoms with van der Waals surface area (Å²) in [6, 6.07) is 14.7. The van der Waals surface area contributed by atoms with Crippen molar-refractivity contribution in [2.75, 3.05) is 24.5 Å². The fourth-order valence-electron chi connectivity index (χ4n) is 3.17. The number of nitrogens with zero attached hydrogens (tertiary/aromatic N) is 2. The minimum Gasteiger partial charge on any atom is -0.353 e. The van der Waals surface area contributed by atoms with Crippen LogP contribution in [-0.2, 0) is 0 Å². The minimum atomic E-state index is -0.00427. The zero-order chi connectivity index (χ0) is 16.4. The van der Waals surface area contributed by atoms with E-state index in [0.717, 1.165) is 38.3 Å². The van der Waals surface area contributed by atoms with Gasteiger partial charge in [-0.3, -0.25) is 4.79 Å². The number of hydrogen-bond donors (Lipinski definition) is 2. The predicted octanol–water partition coefficient (Wildman–Crippen LogP) is 2.12. The third-order valence-corrected chi connectivity index (χ3v) is 4.62. The molecule has 1 atom stereocenters. The number of rotatable bonds is 4. The smallest absolute Gasteiger partial charge is 0.255 e. The van der Waals surface area contributed by atoms with Crippen LogP contribution in [0.1, 0.15) is 34.8 Å². The van der Waals surface area contributed by atoms with E-state index >= 15 is 0 Å². The van der Waals surface area contributed by atoms with E-state index in [0.29, 0.717) is 11.6 Å². The first-order chi connectivity index (χ1) is 11.8. The van der Waals surface area contributed by atoms with Crippen molar-refractivity contribution < 1.29 is 4.79 Å². The van der Waals surface area contributed by atoms with Gasteiger partial charge < -0.3 is 15.5 Å². The standard InChI is InChI=1S/C19H22N4O/c24-19(22-15-8-9-15)16-7-4-10-21-18(16)23-12-11-20-17(13-23)14-5-2-1-3-6-14/h1-7,10,15,17,20H,8-9,11-13H2,(H,22,24)/t17-/m0/s1. The fraction of sp³-hybridized carbons (Fsp3) is 0.368. The molecule has 2 aliphatic rings. The first-order valence-corrected chi connectivity index (χ1v) is 8.60. The maximum absolute atomic E-state index is 12.5. The summed E-state index contributed by atoms with van der Waals surface area (Å²) in [5.41, 5.74) is 1.94. The third-order valence-electron chi connectivity index (χ3n) is 4.62. The lowest BCUT2D eigenvalue weighted by Gasteiger charge is -2.35. The van der Waals surface area contributed by atoms with Gasteiger partial charge in [0.05, 0.1) is 5.56 Å². The van der Waals surface area contributed by atoms with Crippen LogP contribution in [0.3, 0.4) is 0 Å². The largest absolute Gasteiger partial charge is 0.353 e. The number of aromatic nitrogens is 1. The van der Waals surface area contributed by atoms with Crippen molar-refractivity contribution in [3.8, 4) is 0 Å². The lowest BCUT2D eigenvalue weighted by molar-refractivity contribution is 0.0951. The van der Waals surface area contributed by atoms with Crippen LogP contribution in [-0.4, -0.2) is 36.6 Å². The second-order valence-corrected chi connectivity index (χ2v) is 6.49. The number of nitrogens with one attached hydrogen (secondary N) is 2. The number of piperazine rings is 1. The highest BCUT2D eigenvalue weighted by atomic mass is 16.1. The fourth-order valence-corrected chi connectivity index (χ4v) is 3.17. The number of anilines is 1. The van der Waals surface area contributed by atoms with Gasteiger partial charge in [0.25, 0.3) is 5.91 Å². The Morgan fingerprint density at radius 1 is 1.17 bits per heavy atom. The molecule has 1 saturated carbocycles. The lowest BCUT2D eigenvalue weighted by atomic mass is 10.0. The zero-order valence-corrected chi connectivity index (χ0v) is 13.6. The SMILES string of the molecule is O=C(NC1CC1)c1cccnc1N1CCN[C@H](c2ccccc2)C1. The van der Waals surface area contributed by atoms with E-state index in [9.17, 15) is 4.79 Å². The van der Waals surface area contributed by atoms with Gasteiger partial charge in [-0.25, -0.2) is 4.98 Å². The van der Waals surface area contributed by atoms with Crippen molar-refractivity contribution in [3.63, 3.8) is 0 Å². The van der Waals surface area contributed by atoms with E-state index in [-0.39, 0.29) is 11.9 Å². The molecular formula is C19H22N4O. The molecule has 0 spiro atoms. The monoisotopic (exact) mass is 322 g/mol. The first kappa shape index (κ1) is 15.1. The normalized spacial score (nSPS) is 20.7. The van der Waals surface area contributed by atoms with Crippen LogP contribution >= 0.6 is 0 Å². The van der Waals surface area contributed by atoms with Gasteiger partial charge >= 0.3 is 0 Å². The van der Waals surface area contributed by atoms with Gasteiger partial charge in [-0.2, -0.15) is 0 Å².